The van der Waals surface area contributed by atoms with E-state index in [9.17, 15) is 13.2 Å². The van der Waals surface area contributed by atoms with E-state index in [1.165, 1.54) is 4.90 Å². The molecule has 1 aromatic rings. The Morgan fingerprint density at radius 3 is 2.62 bits per heavy atom. The van der Waals surface area contributed by atoms with Crippen LogP contribution in [0.2, 0.25) is 0 Å². The van der Waals surface area contributed by atoms with Crippen molar-refractivity contribution < 1.29 is 17.9 Å². The maximum absolute atomic E-state index is 12.0. The minimum Gasteiger partial charge on any atom is -0.493 e. The zero-order valence-corrected chi connectivity index (χ0v) is 12.8. The number of nitrogens with two attached hydrogens (primary N) is 1. The first kappa shape index (κ1) is 15.6. The Balaban J connectivity index is 1.78. The normalized spacial score (nSPS) is 20.1. The number of hydrogen-bond donors (Lipinski definition) is 1. The van der Waals surface area contributed by atoms with Crippen LogP contribution in [0.5, 0.6) is 5.75 Å². The first-order valence-corrected chi connectivity index (χ1v) is 8.64. The third kappa shape index (κ3) is 4.35. The van der Waals surface area contributed by atoms with Crippen molar-refractivity contribution in [3.05, 3.63) is 24.3 Å². The van der Waals surface area contributed by atoms with Crippen LogP contribution >= 0.6 is 0 Å². The lowest BCUT2D eigenvalue weighted by atomic mass is 10.2. The van der Waals surface area contributed by atoms with Crippen molar-refractivity contribution >= 4 is 21.4 Å². The SMILES string of the molecule is CN(C(=O)CCOc1ccc(N)cc1)C1CCS(=O)(=O)C1. The van der Waals surface area contributed by atoms with Crippen molar-refractivity contribution in [3.8, 4) is 5.75 Å². The third-order valence-corrected chi connectivity index (χ3v) is 5.36. The number of nitrogen functional groups attached to an aromatic ring is 1. The molecule has 1 heterocycles. The molecule has 0 aliphatic carbocycles. The lowest BCUT2D eigenvalue weighted by Crippen LogP contribution is -2.38. The summed E-state index contributed by atoms with van der Waals surface area (Å²) in [5.41, 5.74) is 6.22. The van der Waals surface area contributed by atoms with Gasteiger partial charge in [-0.25, -0.2) is 8.42 Å². The Hall–Kier alpha value is -1.76. The van der Waals surface area contributed by atoms with Crippen molar-refractivity contribution in [2.75, 3.05) is 30.9 Å². The maximum atomic E-state index is 12.0. The summed E-state index contributed by atoms with van der Waals surface area (Å²) < 4.78 is 28.3. The van der Waals surface area contributed by atoms with Crippen LogP contribution in [-0.4, -0.2) is 50.4 Å². The minimum absolute atomic E-state index is 0.0636. The molecule has 7 heteroatoms. The molecule has 0 spiro atoms. The van der Waals surface area contributed by atoms with Crippen molar-refractivity contribution in [1.82, 2.24) is 4.90 Å². The summed E-state index contributed by atoms with van der Waals surface area (Å²) in [6.45, 7) is 0.257. The predicted molar refractivity (Wildman–Crippen MR) is 80.8 cm³/mol. The average Bonchev–Trinajstić information content (AvgIpc) is 2.80. The van der Waals surface area contributed by atoms with Crippen LogP contribution in [0.4, 0.5) is 5.69 Å². The molecule has 0 bridgehead atoms. The third-order valence-electron chi connectivity index (χ3n) is 3.61. The summed E-state index contributed by atoms with van der Waals surface area (Å²) in [4.78, 5) is 13.5. The van der Waals surface area contributed by atoms with Crippen LogP contribution in [0.3, 0.4) is 0 Å². The average molecular weight is 312 g/mol. The molecule has 1 atom stereocenters. The molecule has 2 rings (SSSR count). The molecular weight excluding hydrogens is 292 g/mol. The number of benzene rings is 1. The molecular formula is C14H20N2O4S. The highest BCUT2D eigenvalue weighted by Gasteiger charge is 2.32. The van der Waals surface area contributed by atoms with Crippen molar-refractivity contribution in [3.63, 3.8) is 0 Å². The van der Waals surface area contributed by atoms with E-state index < -0.39 is 9.84 Å². The number of carbonyl (C=O) groups is 1. The summed E-state index contributed by atoms with van der Waals surface area (Å²) in [5.74, 6) is 0.779. The number of ether oxygens (including phenoxy) is 1. The van der Waals surface area contributed by atoms with Gasteiger partial charge in [0, 0.05) is 18.8 Å². The number of hydrogen-bond acceptors (Lipinski definition) is 5. The molecule has 0 aromatic heterocycles. The van der Waals surface area contributed by atoms with E-state index in [0.717, 1.165) is 0 Å². The highest BCUT2D eigenvalue weighted by molar-refractivity contribution is 7.91. The first-order chi connectivity index (χ1) is 9.87. The molecule has 1 aliphatic heterocycles. The minimum atomic E-state index is -2.98. The van der Waals surface area contributed by atoms with E-state index in [1.807, 2.05) is 0 Å². The van der Waals surface area contributed by atoms with Crippen LogP contribution in [0, 0.1) is 0 Å². The summed E-state index contributed by atoms with van der Waals surface area (Å²) in [6, 6.07) is 6.73. The van der Waals surface area contributed by atoms with Gasteiger partial charge in [0.05, 0.1) is 24.5 Å². The zero-order valence-electron chi connectivity index (χ0n) is 12.0. The zero-order chi connectivity index (χ0) is 15.5. The topological polar surface area (TPSA) is 89.7 Å². The number of sulfone groups is 1. The van der Waals surface area contributed by atoms with Gasteiger partial charge in [-0.15, -0.1) is 0 Å². The van der Waals surface area contributed by atoms with Crippen molar-refractivity contribution in [2.24, 2.45) is 0 Å². The standard InChI is InChI=1S/C14H20N2O4S/c1-16(12-7-9-21(18,19)10-12)14(17)6-8-20-13-4-2-11(15)3-5-13/h2-5,12H,6-10,15H2,1H3. The fourth-order valence-electron chi connectivity index (χ4n) is 2.28. The van der Waals surface area contributed by atoms with Gasteiger partial charge in [0.25, 0.3) is 0 Å². The van der Waals surface area contributed by atoms with Gasteiger partial charge in [-0.2, -0.15) is 0 Å². The van der Waals surface area contributed by atoms with E-state index in [2.05, 4.69) is 0 Å². The smallest absolute Gasteiger partial charge is 0.226 e. The number of anilines is 1. The Labute approximate surface area is 124 Å². The van der Waals surface area contributed by atoms with Crippen LogP contribution in [0.25, 0.3) is 0 Å². The number of carbonyl (C=O) groups excluding carboxylic acids is 1. The van der Waals surface area contributed by atoms with Gasteiger partial charge in [-0.3, -0.25) is 4.79 Å². The molecule has 1 fully saturated rings. The number of rotatable bonds is 5. The van der Waals surface area contributed by atoms with Crippen molar-refractivity contribution in [2.45, 2.75) is 18.9 Å². The summed E-state index contributed by atoms with van der Waals surface area (Å²) >= 11 is 0. The second-order valence-corrected chi connectivity index (χ2v) is 7.46. The molecule has 116 valence electrons. The summed E-state index contributed by atoms with van der Waals surface area (Å²) in [5, 5.41) is 0. The lowest BCUT2D eigenvalue weighted by Gasteiger charge is -2.23. The second kappa shape index (κ2) is 6.34. The van der Waals surface area contributed by atoms with Gasteiger partial charge >= 0.3 is 0 Å². The molecule has 1 aromatic carbocycles. The molecule has 21 heavy (non-hydrogen) atoms. The molecule has 1 saturated heterocycles. The van der Waals surface area contributed by atoms with Gasteiger partial charge in [0.15, 0.2) is 9.84 Å². The van der Waals surface area contributed by atoms with E-state index in [-0.39, 0.29) is 36.5 Å². The van der Waals surface area contributed by atoms with Gasteiger partial charge in [0.2, 0.25) is 5.91 Å². The second-order valence-electron chi connectivity index (χ2n) is 5.23. The van der Waals surface area contributed by atoms with E-state index in [4.69, 9.17) is 10.5 Å². The summed E-state index contributed by atoms with van der Waals surface area (Å²) in [7, 11) is -1.33. The predicted octanol–water partition coefficient (Wildman–Crippen LogP) is 0.683. The quantitative estimate of drug-likeness (QED) is 0.808. The highest BCUT2D eigenvalue weighted by atomic mass is 32.2. The monoisotopic (exact) mass is 312 g/mol. The number of nitrogens with zero attached hydrogens (tertiary/aromatic N) is 1. The van der Waals surface area contributed by atoms with Gasteiger partial charge < -0.3 is 15.4 Å². The fourth-order valence-corrected chi connectivity index (χ4v) is 4.06. The van der Waals surface area contributed by atoms with E-state index in [0.29, 0.717) is 17.9 Å². The lowest BCUT2D eigenvalue weighted by molar-refractivity contribution is -0.132. The van der Waals surface area contributed by atoms with Gasteiger partial charge in [0.1, 0.15) is 5.75 Å². The Bertz CT molecular complexity index is 598. The molecule has 6 nitrogen and oxygen atoms in total. The van der Waals surface area contributed by atoms with Crippen LogP contribution in [0.15, 0.2) is 24.3 Å². The highest BCUT2D eigenvalue weighted by Crippen LogP contribution is 2.17. The fraction of sp³-hybridized carbons (Fsp3) is 0.500. The Kier molecular flexibility index (Phi) is 4.72. The largest absolute Gasteiger partial charge is 0.493 e. The van der Waals surface area contributed by atoms with Crippen LogP contribution < -0.4 is 10.5 Å². The molecule has 0 saturated carbocycles. The number of amides is 1. The molecule has 1 amide bonds. The maximum Gasteiger partial charge on any atom is 0.226 e. The summed E-state index contributed by atoms with van der Waals surface area (Å²) in [6.07, 6.45) is 0.737. The van der Waals surface area contributed by atoms with Gasteiger partial charge in [-0.1, -0.05) is 0 Å². The van der Waals surface area contributed by atoms with Crippen LogP contribution in [-0.2, 0) is 14.6 Å². The first-order valence-electron chi connectivity index (χ1n) is 6.82. The Morgan fingerprint density at radius 1 is 1.38 bits per heavy atom. The van der Waals surface area contributed by atoms with Crippen LogP contribution in [0.1, 0.15) is 12.8 Å². The molecule has 1 unspecified atom stereocenters. The van der Waals surface area contributed by atoms with Crippen molar-refractivity contribution in [1.29, 1.82) is 0 Å². The van der Waals surface area contributed by atoms with E-state index in [1.54, 1.807) is 31.3 Å². The molecule has 1 aliphatic rings. The Morgan fingerprint density at radius 2 is 2.05 bits per heavy atom. The van der Waals surface area contributed by atoms with E-state index >= 15 is 0 Å². The molecule has 0 radical (unpaired) electrons. The molecule has 2 N–H and O–H groups in total. The van der Waals surface area contributed by atoms with Gasteiger partial charge in [-0.05, 0) is 30.7 Å².